The molecule has 0 aliphatic heterocycles. The Bertz CT molecular complexity index is 913. The number of carboxylic acid groups (broad SMARTS) is 1. The molecule has 0 heterocycles. The highest BCUT2D eigenvalue weighted by molar-refractivity contribution is 7.91. The van der Waals surface area contributed by atoms with Gasteiger partial charge in [0.15, 0.2) is 9.84 Å². The number of rotatable bonds is 6. The second-order valence-corrected chi connectivity index (χ2v) is 8.58. The summed E-state index contributed by atoms with van der Waals surface area (Å²) in [5.41, 5.74) is 1.49. The minimum atomic E-state index is -3.36. The molecule has 134 valence electrons. The number of sulfone groups is 1. The maximum Gasteiger partial charge on any atom is 0.310 e. The SMILES string of the molecule is CCS(=O)(=O)c1ccc(Nc2cc(Cl)ccc2C(C)C(=O)O)c(Cl)c1. The van der Waals surface area contributed by atoms with Crippen molar-refractivity contribution in [1.29, 1.82) is 0 Å². The van der Waals surface area contributed by atoms with Gasteiger partial charge in [0.1, 0.15) is 0 Å². The van der Waals surface area contributed by atoms with Crippen LogP contribution < -0.4 is 5.32 Å². The van der Waals surface area contributed by atoms with Gasteiger partial charge in [-0.25, -0.2) is 8.42 Å². The molecule has 0 bridgehead atoms. The first-order chi connectivity index (χ1) is 11.7. The summed E-state index contributed by atoms with van der Waals surface area (Å²) in [6, 6.07) is 9.21. The molecule has 2 rings (SSSR count). The number of halogens is 2. The lowest BCUT2D eigenvalue weighted by Gasteiger charge is -2.16. The van der Waals surface area contributed by atoms with E-state index in [2.05, 4.69) is 5.32 Å². The maximum absolute atomic E-state index is 11.9. The van der Waals surface area contributed by atoms with Crippen molar-refractivity contribution in [2.45, 2.75) is 24.7 Å². The molecule has 2 aromatic rings. The summed E-state index contributed by atoms with van der Waals surface area (Å²) >= 11 is 12.2. The fraction of sp³-hybridized carbons (Fsp3) is 0.235. The number of anilines is 2. The van der Waals surface area contributed by atoms with Gasteiger partial charge >= 0.3 is 5.97 Å². The van der Waals surface area contributed by atoms with Gasteiger partial charge in [-0.3, -0.25) is 4.79 Å². The normalized spacial score (nSPS) is 12.6. The molecule has 0 amide bonds. The molecule has 0 saturated heterocycles. The Kier molecular flexibility index (Phi) is 5.98. The van der Waals surface area contributed by atoms with E-state index >= 15 is 0 Å². The second kappa shape index (κ2) is 7.64. The standard InChI is InChI=1S/C17H17Cl2NO4S/c1-3-25(23,24)12-5-7-15(14(19)9-12)20-16-8-11(18)4-6-13(16)10(2)17(21)22/h4-10,20H,3H2,1-2H3,(H,21,22). The van der Waals surface area contributed by atoms with Crippen molar-refractivity contribution in [1.82, 2.24) is 0 Å². The molecule has 0 fully saturated rings. The molecule has 0 aliphatic rings. The molecule has 8 heteroatoms. The Morgan fingerprint density at radius 1 is 1.16 bits per heavy atom. The first-order valence-electron chi connectivity index (χ1n) is 7.47. The zero-order chi connectivity index (χ0) is 18.8. The first kappa shape index (κ1) is 19.6. The van der Waals surface area contributed by atoms with Crippen molar-refractivity contribution in [3.8, 4) is 0 Å². The predicted octanol–water partition coefficient (Wildman–Crippen LogP) is 4.72. The van der Waals surface area contributed by atoms with Gasteiger partial charge in [0.2, 0.25) is 0 Å². The van der Waals surface area contributed by atoms with E-state index in [0.29, 0.717) is 22.0 Å². The molecular weight excluding hydrogens is 385 g/mol. The average Bonchev–Trinajstić information content (AvgIpc) is 2.56. The lowest BCUT2D eigenvalue weighted by Crippen LogP contribution is -2.10. The van der Waals surface area contributed by atoms with Crippen LogP contribution in [0.25, 0.3) is 0 Å². The van der Waals surface area contributed by atoms with Gasteiger partial charge in [0.25, 0.3) is 0 Å². The van der Waals surface area contributed by atoms with E-state index in [9.17, 15) is 18.3 Å². The number of carboxylic acids is 1. The fourth-order valence-electron chi connectivity index (χ4n) is 2.25. The third-order valence-corrected chi connectivity index (χ3v) is 6.08. The van der Waals surface area contributed by atoms with E-state index in [1.165, 1.54) is 12.1 Å². The molecule has 1 unspecified atom stereocenters. The third-order valence-electron chi connectivity index (χ3n) is 3.80. The van der Waals surface area contributed by atoms with Crippen LogP contribution in [0, 0.1) is 0 Å². The van der Waals surface area contributed by atoms with E-state index in [4.69, 9.17) is 23.2 Å². The minimum absolute atomic E-state index is 0.0231. The monoisotopic (exact) mass is 401 g/mol. The Morgan fingerprint density at radius 3 is 2.40 bits per heavy atom. The molecule has 0 radical (unpaired) electrons. The van der Waals surface area contributed by atoms with Crippen LogP contribution in [0.5, 0.6) is 0 Å². The largest absolute Gasteiger partial charge is 0.481 e. The van der Waals surface area contributed by atoms with E-state index in [0.717, 1.165) is 0 Å². The van der Waals surface area contributed by atoms with Crippen molar-refractivity contribution in [2.24, 2.45) is 0 Å². The third kappa shape index (κ3) is 4.45. The van der Waals surface area contributed by atoms with Crippen LogP contribution in [0.4, 0.5) is 11.4 Å². The highest BCUT2D eigenvalue weighted by atomic mass is 35.5. The lowest BCUT2D eigenvalue weighted by molar-refractivity contribution is -0.138. The summed E-state index contributed by atoms with van der Waals surface area (Å²) in [5.74, 6) is -1.75. The van der Waals surface area contributed by atoms with E-state index in [-0.39, 0.29) is 15.7 Å². The van der Waals surface area contributed by atoms with Crippen molar-refractivity contribution in [2.75, 3.05) is 11.1 Å². The van der Waals surface area contributed by atoms with Crippen LogP contribution in [-0.2, 0) is 14.6 Å². The summed E-state index contributed by atoms with van der Waals surface area (Å²) in [4.78, 5) is 11.4. The van der Waals surface area contributed by atoms with Crippen molar-refractivity contribution in [3.05, 3.63) is 52.0 Å². The minimum Gasteiger partial charge on any atom is -0.481 e. The molecular formula is C17H17Cl2NO4S. The van der Waals surface area contributed by atoms with Crippen LogP contribution in [-0.4, -0.2) is 25.2 Å². The Morgan fingerprint density at radius 2 is 1.84 bits per heavy atom. The number of carbonyl (C=O) groups is 1. The molecule has 0 saturated carbocycles. The smallest absolute Gasteiger partial charge is 0.310 e. The number of nitrogens with one attached hydrogen (secondary N) is 1. The van der Waals surface area contributed by atoms with Crippen LogP contribution >= 0.6 is 23.2 Å². The summed E-state index contributed by atoms with van der Waals surface area (Å²) < 4.78 is 23.8. The topological polar surface area (TPSA) is 83.5 Å². The van der Waals surface area contributed by atoms with Gasteiger partial charge in [-0.2, -0.15) is 0 Å². The van der Waals surface area contributed by atoms with Crippen molar-refractivity contribution in [3.63, 3.8) is 0 Å². The molecule has 0 aromatic heterocycles. The summed E-state index contributed by atoms with van der Waals surface area (Å²) in [6.07, 6.45) is 0. The van der Waals surface area contributed by atoms with Crippen LogP contribution in [0.1, 0.15) is 25.3 Å². The number of hydrogen-bond donors (Lipinski definition) is 2. The van der Waals surface area contributed by atoms with E-state index in [1.54, 1.807) is 38.1 Å². The lowest BCUT2D eigenvalue weighted by atomic mass is 9.99. The average molecular weight is 402 g/mol. The zero-order valence-electron chi connectivity index (χ0n) is 13.6. The molecule has 25 heavy (non-hydrogen) atoms. The van der Waals surface area contributed by atoms with Crippen LogP contribution in [0.15, 0.2) is 41.3 Å². The van der Waals surface area contributed by atoms with Gasteiger partial charge in [-0.1, -0.05) is 36.2 Å². The quantitative estimate of drug-likeness (QED) is 0.731. The highest BCUT2D eigenvalue weighted by Gasteiger charge is 2.19. The van der Waals surface area contributed by atoms with E-state index in [1.807, 2.05) is 0 Å². The van der Waals surface area contributed by atoms with Gasteiger partial charge in [0.05, 0.1) is 27.3 Å². The number of hydrogen-bond acceptors (Lipinski definition) is 4. The Balaban J connectivity index is 2.44. The maximum atomic E-state index is 11.9. The number of aliphatic carboxylic acids is 1. The summed E-state index contributed by atoms with van der Waals surface area (Å²) in [7, 11) is -3.36. The second-order valence-electron chi connectivity index (χ2n) is 5.46. The number of benzene rings is 2. The fourth-order valence-corrected chi connectivity index (χ4v) is 3.62. The van der Waals surface area contributed by atoms with Crippen LogP contribution in [0.3, 0.4) is 0 Å². The molecule has 5 nitrogen and oxygen atoms in total. The van der Waals surface area contributed by atoms with Crippen molar-refractivity contribution < 1.29 is 18.3 Å². The Labute approximate surface area is 156 Å². The first-order valence-corrected chi connectivity index (χ1v) is 9.88. The molecule has 1 atom stereocenters. The summed E-state index contributed by atoms with van der Waals surface area (Å²) in [6.45, 7) is 3.12. The van der Waals surface area contributed by atoms with Gasteiger partial charge < -0.3 is 10.4 Å². The molecule has 0 spiro atoms. The van der Waals surface area contributed by atoms with Crippen LogP contribution in [0.2, 0.25) is 10.0 Å². The molecule has 2 N–H and O–H groups in total. The Hall–Kier alpha value is -1.76. The van der Waals surface area contributed by atoms with Gasteiger partial charge in [-0.05, 0) is 42.8 Å². The molecule has 2 aromatic carbocycles. The highest BCUT2D eigenvalue weighted by Crippen LogP contribution is 2.34. The zero-order valence-corrected chi connectivity index (χ0v) is 15.9. The summed E-state index contributed by atoms with van der Waals surface area (Å²) in [5, 5.41) is 12.9. The van der Waals surface area contributed by atoms with E-state index < -0.39 is 21.7 Å². The predicted molar refractivity (Wildman–Crippen MR) is 100.0 cm³/mol. The molecule has 0 aliphatic carbocycles. The van der Waals surface area contributed by atoms with Crippen molar-refractivity contribution >= 4 is 50.4 Å². The van der Waals surface area contributed by atoms with Gasteiger partial charge in [0, 0.05) is 10.7 Å². The van der Waals surface area contributed by atoms with Gasteiger partial charge in [-0.15, -0.1) is 0 Å².